The molecule has 3 heterocycles. The van der Waals surface area contributed by atoms with Crippen molar-refractivity contribution < 1.29 is 9.59 Å². The van der Waals surface area contributed by atoms with Gasteiger partial charge in [-0.05, 0) is 37.7 Å². The minimum absolute atomic E-state index is 0.00643. The third kappa shape index (κ3) is 5.53. The molecule has 2 aliphatic heterocycles. The van der Waals surface area contributed by atoms with E-state index in [1.54, 1.807) is 0 Å². The monoisotopic (exact) mass is 441 g/mol. The highest BCUT2D eigenvalue weighted by molar-refractivity contribution is 6.33. The number of aromatic nitrogens is 2. The van der Waals surface area contributed by atoms with Crippen LogP contribution in [0.25, 0.3) is 0 Å². The number of likely N-dealkylation sites (tertiary alicyclic amines) is 1. The fraction of sp³-hybridized carbons (Fsp3) is 0.478. The van der Waals surface area contributed by atoms with E-state index in [1.165, 1.54) is 11.8 Å². The van der Waals surface area contributed by atoms with Crippen LogP contribution in [-0.4, -0.2) is 58.9 Å². The summed E-state index contributed by atoms with van der Waals surface area (Å²) in [6.45, 7) is 3.10. The molecule has 8 heteroatoms. The second-order valence-corrected chi connectivity index (χ2v) is 8.58. The molecule has 2 aliphatic rings. The first-order valence-electron chi connectivity index (χ1n) is 11.0. The van der Waals surface area contributed by atoms with E-state index >= 15 is 0 Å². The number of benzene rings is 1. The van der Waals surface area contributed by atoms with Crippen LogP contribution in [0.5, 0.6) is 0 Å². The Hall–Kier alpha value is -2.67. The number of piperidine rings is 1. The van der Waals surface area contributed by atoms with E-state index in [9.17, 15) is 9.59 Å². The summed E-state index contributed by atoms with van der Waals surface area (Å²) in [7, 11) is 0. The summed E-state index contributed by atoms with van der Waals surface area (Å²) in [4.78, 5) is 38.0. The molecule has 0 spiro atoms. The van der Waals surface area contributed by atoms with Gasteiger partial charge in [0.25, 0.3) is 5.91 Å². The number of nitrogens with zero attached hydrogens (tertiary/aromatic N) is 4. The van der Waals surface area contributed by atoms with Crippen molar-refractivity contribution in [3.8, 4) is 0 Å². The lowest BCUT2D eigenvalue weighted by molar-refractivity contribution is -0.132. The number of carbonyl (C=O) groups excluding carboxylic acids is 2. The molecule has 7 nitrogen and oxygen atoms in total. The number of anilines is 1. The molecule has 0 radical (unpaired) electrons. The lowest BCUT2D eigenvalue weighted by Gasteiger charge is -2.32. The summed E-state index contributed by atoms with van der Waals surface area (Å²) in [5.41, 5.74) is 1.40. The van der Waals surface area contributed by atoms with Gasteiger partial charge in [-0.15, -0.1) is 0 Å². The Bertz CT molecular complexity index is 909. The zero-order valence-corrected chi connectivity index (χ0v) is 18.4. The Morgan fingerprint density at radius 3 is 2.48 bits per heavy atom. The Morgan fingerprint density at radius 1 is 1.06 bits per heavy atom. The van der Waals surface area contributed by atoms with Crippen molar-refractivity contribution in [2.45, 2.75) is 44.6 Å². The molecule has 1 aromatic heterocycles. The molecule has 4 rings (SSSR count). The molecule has 0 atom stereocenters. The van der Waals surface area contributed by atoms with Crippen molar-refractivity contribution in [3.05, 3.63) is 52.8 Å². The highest BCUT2D eigenvalue weighted by Crippen LogP contribution is 2.21. The predicted molar refractivity (Wildman–Crippen MR) is 120 cm³/mol. The van der Waals surface area contributed by atoms with Gasteiger partial charge in [-0.3, -0.25) is 9.59 Å². The summed E-state index contributed by atoms with van der Waals surface area (Å²) in [5, 5.41) is 3.30. The number of halogens is 1. The molecule has 2 saturated heterocycles. The largest absolute Gasteiger partial charge is 0.348 e. The molecule has 0 aliphatic carbocycles. The van der Waals surface area contributed by atoms with Crippen LogP contribution in [0.15, 0.2) is 36.5 Å². The molecular weight excluding hydrogens is 414 g/mol. The van der Waals surface area contributed by atoms with Crippen LogP contribution in [0, 0.1) is 0 Å². The third-order valence-corrected chi connectivity index (χ3v) is 6.27. The molecular formula is C23H28ClN5O2. The van der Waals surface area contributed by atoms with Crippen LogP contribution in [0.4, 0.5) is 5.95 Å². The van der Waals surface area contributed by atoms with Gasteiger partial charge < -0.3 is 15.1 Å². The maximum atomic E-state index is 12.8. The number of amides is 2. The second-order valence-electron chi connectivity index (χ2n) is 8.17. The first-order valence-corrected chi connectivity index (χ1v) is 11.4. The van der Waals surface area contributed by atoms with Gasteiger partial charge >= 0.3 is 0 Å². The van der Waals surface area contributed by atoms with Crippen LogP contribution < -0.4 is 10.2 Å². The lowest BCUT2D eigenvalue weighted by Crippen LogP contribution is -2.46. The minimum Gasteiger partial charge on any atom is -0.348 e. The second kappa shape index (κ2) is 10.1. The van der Waals surface area contributed by atoms with Crippen LogP contribution in [0.2, 0.25) is 5.02 Å². The molecule has 0 saturated carbocycles. The van der Waals surface area contributed by atoms with Gasteiger partial charge in [-0.1, -0.05) is 41.9 Å². The molecule has 2 aromatic rings. The smallest absolute Gasteiger partial charge is 0.271 e. The highest BCUT2D eigenvalue weighted by Gasteiger charge is 2.26. The first-order chi connectivity index (χ1) is 15.1. The summed E-state index contributed by atoms with van der Waals surface area (Å²) in [6, 6.07) is 10.1. The first kappa shape index (κ1) is 21.6. The number of aryl methyl sites for hydroxylation is 1. The summed E-state index contributed by atoms with van der Waals surface area (Å²) in [5.74, 6) is 0.454. The number of carbonyl (C=O) groups is 2. The van der Waals surface area contributed by atoms with E-state index < -0.39 is 0 Å². The lowest BCUT2D eigenvalue weighted by atomic mass is 10.0. The minimum atomic E-state index is -0.276. The SMILES string of the molecule is O=C(NC1CCN(C(=O)CCc2ccccc2)CC1)c1nc(N2CCCC2)ncc1Cl. The predicted octanol–water partition coefficient (Wildman–Crippen LogP) is 3.08. The van der Waals surface area contributed by atoms with Gasteiger partial charge in [0.2, 0.25) is 11.9 Å². The Labute approximate surface area is 187 Å². The number of nitrogens with one attached hydrogen (secondary N) is 1. The highest BCUT2D eigenvalue weighted by atomic mass is 35.5. The van der Waals surface area contributed by atoms with Crippen molar-refractivity contribution >= 4 is 29.4 Å². The van der Waals surface area contributed by atoms with Gasteiger partial charge in [-0.25, -0.2) is 9.97 Å². The molecule has 31 heavy (non-hydrogen) atoms. The number of hydrogen-bond donors (Lipinski definition) is 1. The fourth-order valence-electron chi connectivity index (χ4n) is 4.17. The van der Waals surface area contributed by atoms with E-state index in [-0.39, 0.29) is 28.6 Å². The van der Waals surface area contributed by atoms with Crippen molar-refractivity contribution in [2.75, 3.05) is 31.1 Å². The van der Waals surface area contributed by atoms with E-state index in [2.05, 4.69) is 20.2 Å². The zero-order valence-electron chi connectivity index (χ0n) is 17.6. The summed E-state index contributed by atoms with van der Waals surface area (Å²) < 4.78 is 0. The van der Waals surface area contributed by atoms with Crippen molar-refractivity contribution in [1.82, 2.24) is 20.2 Å². The van der Waals surface area contributed by atoms with Crippen LogP contribution in [-0.2, 0) is 11.2 Å². The maximum absolute atomic E-state index is 12.8. The summed E-state index contributed by atoms with van der Waals surface area (Å²) in [6.07, 6.45) is 6.44. The van der Waals surface area contributed by atoms with Crippen LogP contribution >= 0.6 is 11.6 Å². The van der Waals surface area contributed by atoms with Gasteiger partial charge in [-0.2, -0.15) is 0 Å². The molecule has 0 bridgehead atoms. The van der Waals surface area contributed by atoms with E-state index in [0.29, 0.717) is 25.5 Å². The fourth-order valence-corrected chi connectivity index (χ4v) is 4.34. The molecule has 1 N–H and O–H groups in total. The molecule has 2 fully saturated rings. The standard InChI is InChI=1S/C23H28ClN5O2/c24-19-16-25-23(29-12-4-5-13-29)27-21(19)22(31)26-18-10-14-28(15-11-18)20(30)9-8-17-6-2-1-3-7-17/h1-3,6-7,16,18H,4-5,8-15H2,(H,26,31). The topological polar surface area (TPSA) is 78.4 Å². The average Bonchev–Trinajstić information content (AvgIpc) is 3.34. The van der Waals surface area contributed by atoms with E-state index in [0.717, 1.165) is 45.2 Å². The normalized spacial score (nSPS) is 17.1. The maximum Gasteiger partial charge on any atom is 0.271 e. The molecule has 2 amide bonds. The zero-order chi connectivity index (χ0) is 21.6. The van der Waals surface area contributed by atoms with Gasteiger partial charge in [0.1, 0.15) is 0 Å². The van der Waals surface area contributed by atoms with Crippen molar-refractivity contribution in [3.63, 3.8) is 0 Å². The van der Waals surface area contributed by atoms with Gasteiger partial charge in [0, 0.05) is 38.6 Å². The summed E-state index contributed by atoms with van der Waals surface area (Å²) >= 11 is 6.21. The van der Waals surface area contributed by atoms with Gasteiger partial charge in [0.05, 0.1) is 11.2 Å². The van der Waals surface area contributed by atoms with Crippen LogP contribution in [0.1, 0.15) is 48.2 Å². The Morgan fingerprint density at radius 2 is 1.77 bits per heavy atom. The van der Waals surface area contributed by atoms with Gasteiger partial charge in [0.15, 0.2) is 5.69 Å². The molecule has 0 unspecified atom stereocenters. The van der Waals surface area contributed by atoms with E-state index in [1.807, 2.05) is 35.2 Å². The number of rotatable bonds is 6. The average molecular weight is 442 g/mol. The quantitative estimate of drug-likeness (QED) is 0.745. The molecule has 1 aromatic carbocycles. The Balaban J connectivity index is 1.27. The Kier molecular flexibility index (Phi) is 7.02. The number of hydrogen-bond acceptors (Lipinski definition) is 5. The van der Waals surface area contributed by atoms with Crippen molar-refractivity contribution in [1.29, 1.82) is 0 Å². The molecule has 164 valence electrons. The third-order valence-electron chi connectivity index (χ3n) is 5.99. The van der Waals surface area contributed by atoms with Crippen molar-refractivity contribution in [2.24, 2.45) is 0 Å². The van der Waals surface area contributed by atoms with E-state index in [4.69, 9.17) is 11.6 Å². The van der Waals surface area contributed by atoms with Crippen LogP contribution in [0.3, 0.4) is 0 Å².